The molecule has 156 valence electrons. The number of carbonyl (C=O) groups is 2. The molecule has 1 heterocycles. The van der Waals surface area contributed by atoms with Crippen molar-refractivity contribution >= 4 is 28.5 Å². The van der Waals surface area contributed by atoms with Crippen LogP contribution in [0.4, 0.5) is 10.1 Å². The number of carbonyl (C=O) groups excluding carboxylic acids is 2. The quantitative estimate of drug-likeness (QED) is 0.473. The highest BCUT2D eigenvalue weighted by molar-refractivity contribution is 6.05. The Morgan fingerprint density at radius 1 is 0.968 bits per heavy atom. The molecule has 4 aromatic rings. The Morgan fingerprint density at radius 3 is 2.48 bits per heavy atom. The average molecular weight is 418 g/mol. The predicted molar refractivity (Wildman–Crippen MR) is 115 cm³/mol. The van der Waals surface area contributed by atoms with E-state index in [-0.39, 0.29) is 24.0 Å². The zero-order valence-electron chi connectivity index (χ0n) is 16.6. The molecule has 0 aliphatic heterocycles. The van der Waals surface area contributed by atoms with Crippen LogP contribution in [0.5, 0.6) is 5.75 Å². The van der Waals surface area contributed by atoms with E-state index in [0.717, 1.165) is 5.39 Å². The van der Waals surface area contributed by atoms with Gasteiger partial charge >= 0.3 is 0 Å². The minimum absolute atomic E-state index is 0.0828. The zero-order valence-corrected chi connectivity index (χ0v) is 16.6. The Kier molecular flexibility index (Phi) is 5.66. The van der Waals surface area contributed by atoms with Crippen molar-refractivity contribution < 1.29 is 23.1 Å². The third-order valence-corrected chi connectivity index (χ3v) is 4.75. The Morgan fingerprint density at radius 2 is 1.74 bits per heavy atom. The summed E-state index contributed by atoms with van der Waals surface area (Å²) in [4.78, 5) is 24.8. The largest absolute Gasteiger partial charge is 0.493 e. The molecule has 2 amide bonds. The highest BCUT2D eigenvalue weighted by Crippen LogP contribution is 2.28. The molecule has 0 aliphatic rings. The summed E-state index contributed by atoms with van der Waals surface area (Å²) in [5.41, 5.74) is 1.80. The molecule has 0 saturated heterocycles. The number of ether oxygens (including phenoxy) is 1. The summed E-state index contributed by atoms with van der Waals surface area (Å²) >= 11 is 0. The molecule has 6 nitrogen and oxygen atoms in total. The number of amides is 2. The van der Waals surface area contributed by atoms with Gasteiger partial charge in [0.1, 0.15) is 5.82 Å². The number of nitrogens with one attached hydrogen (secondary N) is 2. The lowest BCUT2D eigenvalue weighted by Gasteiger charge is -2.08. The second-order valence-electron chi connectivity index (χ2n) is 6.79. The number of para-hydroxylation sites is 1. The van der Waals surface area contributed by atoms with E-state index >= 15 is 0 Å². The number of anilines is 1. The van der Waals surface area contributed by atoms with Gasteiger partial charge in [-0.05, 0) is 42.5 Å². The summed E-state index contributed by atoms with van der Waals surface area (Å²) < 4.78 is 24.5. The van der Waals surface area contributed by atoms with E-state index in [1.54, 1.807) is 54.6 Å². The Labute approximate surface area is 177 Å². The van der Waals surface area contributed by atoms with Gasteiger partial charge in [-0.15, -0.1) is 0 Å². The minimum atomic E-state index is -0.421. The van der Waals surface area contributed by atoms with Crippen LogP contribution in [0.3, 0.4) is 0 Å². The molecule has 1 aromatic heterocycles. The molecular weight excluding hydrogens is 399 g/mol. The number of hydrogen-bond donors (Lipinski definition) is 2. The van der Waals surface area contributed by atoms with Gasteiger partial charge in [0.15, 0.2) is 17.1 Å². The lowest BCUT2D eigenvalue weighted by Crippen LogP contribution is -2.23. The van der Waals surface area contributed by atoms with Crippen molar-refractivity contribution in [2.45, 2.75) is 6.54 Å². The average Bonchev–Trinajstić information content (AvgIpc) is 3.23. The number of fused-ring (bicyclic) bond motifs is 1. The summed E-state index contributed by atoms with van der Waals surface area (Å²) in [6.45, 7) is 0.0828. The topological polar surface area (TPSA) is 80.6 Å². The molecule has 0 spiro atoms. The fourth-order valence-electron chi connectivity index (χ4n) is 3.13. The number of furan rings is 1. The maximum Gasteiger partial charge on any atom is 0.291 e. The van der Waals surface area contributed by atoms with Crippen molar-refractivity contribution in [2.75, 3.05) is 12.4 Å². The van der Waals surface area contributed by atoms with Crippen LogP contribution in [0.25, 0.3) is 11.0 Å². The second-order valence-corrected chi connectivity index (χ2v) is 6.79. The van der Waals surface area contributed by atoms with Crippen molar-refractivity contribution in [1.29, 1.82) is 0 Å². The SMILES string of the molecule is COc1cccc2cc(C(=O)Nc3ccc(C(=O)NCc4ccccc4F)cc3)oc12. The monoisotopic (exact) mass is 418 g/mol. The molecule has 7 heteroatoms. The number of hydrogen-bond acceptors (Lipinski definition) is 4. The van der Waals surface area contributed by atoms with Gasteiger partial charge in [-0.1, -0.05) is 30.3 Å². The Bertz CT molecular complexity index is 1250. The highest BCUT2D eigenvalue weighted by Gasteiger charge is 2.15. The van der Waals surface area contributed by atoms with E-state index in [1.165, 1.54) is 13.2 Å². The van der Waals surface area contributed by atoms with E-state index in [9.17, 15) is 14.0 Å². The summed E-state index contributed by atoms with van der Waals surface area (Å²) in [7, 11) is 1.53. The van der Waals surface area contributed by atoms with E-state index in [2.05, 4.69) is 10.6 Å². The van der Waals surface area contributed by atoms with Crippen LogP contribution in [0.1, 0.15) is 26.5 Å². The molecule has 2 N–H and O–H groups in total. The van der Waals surface area contributed by atoms with Gasteiger partial charge in [-0.3, -0.25) is 9.59 Å². The van der Waals surface area contributed by atoms with Crippen LogP contribution in [0.15, 0.2) is 77.2 Å². The molecular formula is C24H19FN2O4. The van der Waals surface area contributed by atoms with Crippen LogP contribution in [0, 0.1) is 5.82 Å². The van der Waals surface area contributed by atoms with Crippen LogP contribution in [-0.2, 0) is 6.54 Å². The predicted octanol–water partition coefficient (Wildman–Crippen LogP) is 4.76. The van der Waals surface area contributed by atoms with Gasteiger partial charge < -0.3 is 19.8 Å². The van der Waals surface area contributed by atoms with Crippen molar-refractivity contribution in [2.24, 2.45) is 0 Å². The fraction of sp³-hybridized carbons (Fsp3) is 0.0833. The summed E-state index contributed by atoms with van der Waals surface area (Å²) in [6.07, 6.45) is 0. The fourth-order valence-corrected chi connectivity index (χ4v) is 3.13. The number of halogens is 1. The molecule has 0 aliphatic carbocycles. The molecule has 4 rings (SSSR count). The lowest BCUT2D eigenvalue weighted by atomic mass is 10.1. The molecule has 0 atom stereocenters. The first-order valence-corrected chi connectivity index (χ1v) is 9.55. The molecule has 3 aromatic carbocycles. The number of benzene rings is 3. The summed E-state index contributed by atoms with van der Waals surface area (Å²) in [5.74, 6) is -0.446. The first-order valence-electron chi connectivity index (χ1n) is 9.55. The molecule has 0 bridgehead atoms. The normalized spacial score (nSPS) is 10.6. The maximum atomic E-state index is 13.7. The van der Waals surface area contributed by atoms with Crippen LogP contribution < -0.4 is 15.4 Å². The minimum Gasteiger partial charge on any atom is -0.493 e. The molecule has 0 saturated carbocycles. The van der Waals surface area contributed by atoms with E-state index in [0.29, 0.717) is 28.1 Å². The first kappa shape index (κ1) is 20.2. The second kappa shape index (κ2) is 8.71. The van der Waals surface area contributed by atoms with Crippen LogP contribution >= 0.6 is 0 Å². The van der Waals surface area contributed by atoms with E-state index in [4.69, 9.17) is 9.15 Å². The Balaban J connectivity index is 1.40. The third-order valence-electron chi connectivity index (χ3n) is 4.75. The van der Waals surface area contributed by atoms with Gasteiger partial charge in [0.25, 0.3) is 11.8 Å². The van der Waals surface area contributed by atoms with Crippen molar-refractivity contribution in [3.63, 3.8) is 0 Å². The van der Waals surface area contributed by atoms with Gasteiger partial charge in [0.05, 0.1) is 7.11 Å². The lowest BCUT2D eigenvalue weighted by molar-refractivity contribution is 0.0949. The van der Waals surface area contributed by atoms with Gasteiger partial charge in [0, 0.05) is 28.7 Å². The summed E-state index contributed by atoms with van der Waals surface area (Å²) in [6, 6.07) is 19.7. The standard InChI is InChI=1S/C24H19FN2O4/c1-30-20-8-4-6-16-13-21(31-22(16)20)24(29)27-18-11-9-15(10-12-18)23(28)26-14-17-5-2-3-7-19(17)25/h2-13H,14H2,1H3,(H,26,28)(H,27,29). The smallest absolute Gasteiger partial charge is 0.291 e. The Hall–Kier alpha value is -4.13. The van der Waals surface area contributed by atoms with E-state index < -0.39 is 5.91 Å². The molecule has 0 fully saturated rings. The van der Waals surface area contributed by atoms with Gasteiger partial charge in [-0.25, -0.2) is 4.39 Å². The van der Waals surface area contributed by atoms with Gasteiger partial charge in [0.2, 0.25) is 0 Å². The highest BCUT2D eigenvalue weighted by atomic mass is 19.1. The maximum absolute atomic E-state index is 13.7. The zero-order chi connectivity index (χ0) is 21.8. The first-order chi connectivity index (χ1) is 15.0. The van der Waals surface area contributed by atoms with Crippen molar-refractivity contribution in [3.05, 3.63) is 95.5 Å². The number of methoxy groups -OCH3 is 1. The van der Waals surface area contributed by atoms with Crippen molar-refractivity contribution in [1.82, 2.24) is 5.32 Å². The molecule has 0 unspecified atom stereocenters. The summed E-state index contributed by atoms with van der Waals surface area (Å²) in [5, 5.41) is 6.16. The van der Waals surface area contributed by atoms with E-state index in [1.807, 2.05) is 12.1 Å². The number of rotatable bonds is 6. The molecule has 31 heavy (non-hydrogen) atoms. The van der Waals surface area contributed by atoms with Crippen molar-refractivity contribution in [3.8, 4) is 5.75 Å². The van der Waals surface area contributed by atoms with Crippen LogP contribution in [-0.4, -0.2) is 18.9 Å². The molecule has 0 radical (unpaired) electrons. The van der Waals surface area contributed by atoms with Gasteiger partial charge in [-0.2, -0.15) is 0 Å². The third kappa shape index (κ3) is 4.40. The van der Waals surface area contributed by atoms with Crippen LogP contribution in [0.2, 0.25) is 0 Å².